The minimum absolute atomic E-state index is 0.0577. The summed E-state index contributed by atoms with van der Waals surface area (Å²) < 4.78 is 17.0. The second-order valence-electron chi connectivity index (χ2n) is 9.96. The van der Waals surface area contributed by atoms with Gasteiger partial charge in [0.1, 0.15) is 0 Å². The Bertz CT molecular complexity index is 1000. The third kappa shape index (κ3) is 5.40. The number of morpholine rings is 1. The zero-order chi connectivity index (χ0) is 25.8. The first-order chi connectivity index (χ1) is 18.1. The molecule has 0 radical (unpaired) electrons. The molecule has 1 aromatic carbocycles. The van der Waals surface area contributed by atoms with Crippen molar-refractivity contribution in [3.05, 3.63) is 23.8 Å². The van der Waals surface area contributed by atoms with Crippen LogP contribution in [0.3, 0.4) is 0 Å². The molecule has 0 N–H and O–H groups in total. The molecule has 3 amide bonds. The van der Waals surface area contributed by atoms with E-state index in [0.29, 0.717) is 71.4 Å². The van der Waals surface area contributed by atoms with Gasteiger partial charge >= 0.3 is 6.03 Å². The van der Waals surface area contributed by atoms with E-state index in [2.05, 4.69) is 0 Å². The molecule has 3 heterocycles. The largest absolute Gasteiger partial charge is 0.490 e. The summed E-state index contributed by atoms with van der Waals surface area (Å²) >= 11 is 0. The lowest BCUT2D eigenvalue weighted by atomic mass is 9.73. The van der Waals surface area contributed by atoms with E-state index in [4.69, 9.17) is 19.3 Å². The van der Waals surface area contributed by atoms with Crippen molar-refractivity contribution in [3.8, 4) is 11.5 Å². The second-order valence-corrected chi connectivity index (χ2v) is 9.96. The number of urea groups is 1. The smallest absolute Gasteiger partial charge is 0.320 e. The van der Waals surface area contributed by atoms with Gasteiger partial charge < -0.3 is 24.0 Å². The van der Waals surface area contributed by atoms with Gasteiger partial charge in [-0.2, -0.15) is 15.2 Å². The highest BCUT2D eigenvalue weighted by Crippen LogP contribution is 2.39. The Hall–Kier alpha value is -2.85. The third-order valence-corrected chi connectivity index (χ3v) is 7.75. The van der Waals surface area contributed by atoms with Gasteiger partial charge in [0, 0.05) is 56.7 Å². The summed E-state index contributed by atoms with van der Waals surface area (Å²) in [6.45, 7) is 9.74. The van der Waals surface area contributed by atoms with Gasteiger partial charge in [-0.05, 0) is 44.9 Å². The number of hydrazine groups is 1. The van der Waals surface area contributed by atoms with Crippen LogP contribution in [-0.4, -0.2) is 103 Å². The van der Waals surface area contributed by atoms with Gasteiger partial charge in [-0.3, -0.25) is 4.79 Å². The van der Waals surface area contributed by atoms with Crippen LogP contribution in [0.5, 0.6) is 11.5 Å². The Morgan fingerprint density at radius 2 is 1.57 bits per heavy atom. The lowest BCUT2D eigenvalue weighted by Gasteiger charge is -2.45. The quantitative estimate of drug-likeness (QED) is 0.582. The number of amides is 3. The molecule has 2 saturated heterocycles. The zero-order valence-electron chi connectivity index (χ0n) is 22.1. The molecule has 0 spiro atoms. The molecular formula is C27H39N5O5. The van der Waals surface area contributed by atoms with Gasteiger partial charge in [0.15, 0.2) is 11.5 Å². The van der Waals surface area contributed by atoms with Crippen molar-refractivity contribution >= 4 is 17.6 Å². The standard InChI is InChI=1S/C27H39N5O5/c1-3-36-23-10-9-20(19-24(23)37-4-2)25-21-7-5-6-8-22(21)26(33)32(28-25)31-13-11-29(12-14-31)27(34)30-15-17-35-18-16-30/h9-10,19,21-22H,3-8,11-18H2,1-2H3. The number of benzene rings is 1. The summed E-state index contributed by atoms with van der Waals surface area (Å²) in [5.74, 6) is 1.54. The first kappa shape index (κ1) is 25.8. The lowest BCUT2D eigenvalue weighted by molar-refractivity contribution is -0.161. The van der Waals surface area contributed by atoms with E-state index in [1.54, 1.807) is 5.12 Å². The van der Waals surface area contributed by atoms with Crippen LogP contribution in [0.1, 0.15) is 45.1 Å². The molecular weight excluding hydrogens is 474 g/mol. The summed E-state index contributed by atoms with van der Waals surface area (Å²) in [5.41, 5.74) is 1.92. The molecule has 37 heavy (non-hydrogen) atoms. The second kappa shape index (κ2) is 11.7. The number of rotatable bonds is 6. The summed E-state index contributed by atoms with van der Waals surface area (Å²) in [7, 11) is 0. The van der Waals surface area contributed by atoms with Gasteiger partial charge in [0.2, 0.25) is 0 Å². The molecule has 0 aromatic heterocycles. The summed E-state index contributed by atoms with van der Waals surface area (Å²) in [6.07, 6.45) is 4.00. The molecule has 1 saturated carbocycles. The summed E-state index contributed by atoms with van der Waals surface area (Å²) in [6, 6.07) is 6.04. The van der Waals surface area contributed by atoms with Crippen molar-refractivity contribution in [2.75, 3.05) is 65.7 Å². The van der Waals surface area contributed by atoms with Gasteiger partial charge in [-0.15, -0.1) is 0 Å². The summed E-state index contributed by atoms with van der Waals surface area (Å²) in [4.78, 5) is 30.3. The molecule has 5 rings (SSSR count). The van der Waals surface area contributed by atoms with Crippen LogP contribution in [0.15, 0.2) is 23.3 Å². The van der Waals surface area contributed by atoms with Crippen LogP contribution in [0, 0.1) is 11.8 Å². The minimum atomic E-state index is -0.0728. The highest BCUT2D eigenvalue weighted by Gasteiger charge is 2.44. The van der Waals surface area contributed by atoms with Crippen molar-refractivity contribution < 1.29 is 23.8 Å². The van der Waals surface area contributed by atoms with E-state index in [1.807, 2.05) is 46.9 Å². The Balaban J connectivity index is 1.37. The van der Waals surface area contributed by atoms with E-state index < -0.39 is 0 Å². The van der Waals surface area contributed by atoms with Crippen LogP contribution in [0.25, 0.3) is 0 Å². The number of carbonyl (C=O) groups excluding carboxylic acids is 2. The van der Waals surface area contributed by atoms with Crippen molar-refractivity contribution in [2.45, 2.75) is 39.5 Å². The Labute approximate surface area is 219 Å². The lowest BCUT2D eigenvalue weighted by Crippen LogP contribution is -2.60. The molecule has 202 valence electrons. The normalized spacial score (nSPS) is 25.0. The predicted molar refractivity (Wildman–Crippen MR) is 139 cm³/mol. The fraction of sp³-hybridized carbons (Fsp3) is 0.667. The molecule has 1 aliphatic carbocycles. The predicted octanol–water partition coefficient (Wildman–Crippen LogP) is 2.82. The van der Waals surface area contributed by atoms with Crippen LogP contribution in [-0.2, 0) is 9.53 Å². The molecule has 4 aliphatic rings. The monoisotopic (exact) mass is 513 g/mol. The Kier molecular flexibility index (Phi) is 8.14. The number of hydrogen-bond donors (Lipinski definition) is 0. The first-order valence-electron chi connectivity index (χ1n) is 13.8. The van der Waals surface area contributed by atoms with Crippen molar-refractivity contribution in [2.24, 2.45) is 16.9 Å². The number of piperazine rings is 1. The van der Waals surface area contributed by atoms with Crippen LogP contribution < -0.4 is 9.47 Å². The van der Waals surface area contributed by atoms with Crippen molar-refractivity contribution in [3.63, 3.8) is 0 Å². The number of fused-ring (bicyclic) bond motifs is 1. The average molecular weight is 514 g/mol. The fourth-order valence-corrected chi connectivity index (χ4v) is 5.84. The molecule has 2 unspecified atom stereocenters. The molecule has 10 heteroatoms. The van der Waals surface area contributed by atoms with Gasteiger partial charge in [-0.25, -0.2) is 4.79 Å². The maximum absolute atomic E-state index is 13.6. The topological polar surface area (TPSA) is 87.2 Å². The van der Waals surface area contributed by atoms with Crippen LogP contribution in [0.2, 0.25) is 0 Å². The fourth-order valence-electron chi connectivity index (χ4n) is 5.84. The van der Waals surface area contributed by atoms with E-state index in [1.165, 1.54) is 0 Å². The van der Waals surface area contributed by atoms with E-state index >= 15 is 0 Å². The molecule has 0 bridgehead atoms. The summed E-state index contributed by atoms with van der Waals surface area (Å²) in [5, 5.41) is 8.59. The Morgan fingerprint density at radius 1 is 0.919 bits per heavy atom. The first-order valence-corrected chi connectivity index (χ1v) is 13.8. The van der Waals surface area contributed by atoms with Crippen LogP contribution in [0.4, 0.5) is 4.79 Å². The van der Waals surface area contributed by atoms with Crippen molar-refractivity contribution in [1.82, 2.24) is 19.9 Å². The van der Waals surface area contributed by atoms with Gasteiger partial charge in [0.05, 0.1) is 32.1 Å². The molecule has 1 aromatic rings. The van der Waals surface area contributed by atoms with Gasteiger partial charge in [0.25, 0.3) is 5.91 Å². The number of hydrogen-bond acceptors (Lipinski definition) is 7. The number of carbonyl (C=O) groups is 2. The number of hydrazone groups is 1. The van der Waals surface area contributed by atoms with E-state index in [0.717, 1.165) is 42.7 Å². The van der Waals surface area contributed by atoms with Crippen molar-refractivity contribution in [1.29, 1.82) is 0 Å². The minimum Gasteiger partial charge on any atom is -0.490 e. The number of nitrogens with zero attached hydrogens (tertiary/aromatic N) is 5. The third-order valence-electron chi connectivity index (χ3n) is 7.75. The molecule has 3 fully saturated rings. The molecule has 2 atom stereocenters. The highest BCUT2D eigenvalue weighted by atomic mass is 16.5. The van der Waals surface area contributed by atoms with Crippen LogP contribution >= 0.6 is 0 Å². The average Bonchev–Trinajstić information content (AvgIpc) is 2.95. The maximum Gasteiger partial charge on any atom is 0.320 e. The molecule has 10 nitrogen and oxygen atoms in total. The maximum atomic E-state index is 13.6. The van der Waals surface area contributed by atoms with E-state index in [9.17, 15) is 9.59 Å². The SMILES string of the molecule is CCOc1ccc(C2=NN(N3CCN(C(=O)N4CCOCC4)CC3)C(=O)C3CCCCC23)cc1OCC. The number of ether oxygens (including phenoxy) is 3. The highest BCUT2D eigenvalue weighted by molar-refractivity contribution is 6.07. The molecule has 3 aliphatic heterocycles. The Morgan fingerprint density at radius 3 is 2.27 bits per heavy atom. The zero-order valence-corrected chi connectivity index (χ0v) is 22.1. The van der Waals surface area contributed by atoms with E-state index in [-0.39, 0.29) is 23.8 Å². The van der Waals surface area contributed by atoms with Gasteiger partial charge in [-0.1, -0.05) is 12.8 Å².